The third-order valence-corrected chi connectivity index (χ3v) is 9.64. The number of rotatable bonds is 13. The summed E-state index contributed by atoms with van der Waals surface area (Å²) in [7, 11) is -3.09. The van der Waals surface area contributed by atoms with Crippen LogP contribution >= 0.6 is 11.6 Å². The van der Waals surface area contributed by atoms with E-state index in [0.717, 1.165) is 5.69 Å². The average Bonchev–Trinajstić information content (AvgIpc) is 3.07. The van der Waals surface area contributed by atoms with Crippen LogP contribution in [-0.4, -0.2) is 66.2 Å². The Bertz CT molecular complexity index is 1950. The van der Waals surface area contributed by atoms with E-state index < -0.39 is 21.3 Å². The Balaban J connectivity index is 1.30. The lowest BCUT2D eigenvalue weighted by Crippen LogP contribution is -2.46. The number of amides is 1. The number of carbonyl (C=O) groups is 1. The predicted octanol–water partition coefficient (Wildman–Crippen LogP) is 4.90. The first-order valence-corrected chi connectivity index (χ1v) is 17.5. The topological polar surface area (TPSA) is 176 Å². The molecule has 250 valence electrons. The number of nitriles is 1. The first-order chi connectivity index (χ1) is 23.1. The monoisotopic (exact) mass is 690 g/mol. The number of nitrogens with zero attached hydrogens (tertiary/aromatic N) is 3. The molecule has 2 aromatic heterocycles. The number of hydrogen-bond acceptors (Lipinski definition) is 11. The van der Waals surface area contributed by atoms with Gasteiger partial charge in [0.1, 0.15) is 24.2 Å². The van der Waals surface area contributed by atoms with Gasteiger partial charge in [-0.15, -0.1) is 0 Å². The molecule has 0 atom stereocenters. The molecule has 0 saturated carbocycles. The summed E-state index contributed by atoms with van der Waals surface area (Å²) < 4.78 is 35.0. The number of hydrogen-bond donors (Lipinski definition) is 4. The van der Waals surface area contributed by atoms with Crippen LogP contribution in [0.5, 0.6) is 11.5 Å². The quantitative estimate of drug-likeness (QED) is 0.111. The van der Waals surface area contributed by atoms with Crippen molar-refractivity contribution >= 4 is 55.3 Å². The number of anilines is 3. The zero-order chi connectivity index (χ0) is 34.1. The molecule has 1 fully saturated rings. The summed E-state index contributed by atoms with van der Waals surface area (Å²) in [6, 6.07) is 16.3. The highest BCUT2D eigenvalue weighted by atomic mass is 35.5. The van der Waals surface area contributed by atoms with Crippen molar-refractivity contribution in [2.24, 2.45) is 0 Å². The molecular formula is C34H35ClN6O6S. The predicted molar refractivity (Wildman–Crippen MR) is 184 cm³/mol. The Morgan fingerprint density at radius 2 is 1.94 bits per heavy atom. The lowest BCUT2D eigenvalue weighted by molar-refractivity contribution is -0.111. The van der Waals surface area contributed by atoms with E-state index >= 15 is 0 Å². The van der Waals surface area contributed by atoms with Crippen LogP contribution in [0.3, 0.4) is 0 Å². The summed E-state index contributed by atoms with van der Waals surface area (Å²) in [5.41, 5.74) is 1.92. The standard InChI is InChI=1S/C34H35ClN6O6S/c1-2-46-31-18-28-26(17-29(31)41-32(42)7-5-12-37-22-34(43)10-14-48(44,45)15-11-34)33(23(19-36)20-39-28)40-24-8-9-30(27(35)16-24)47-21-25-6-3-4-13-38-25/h3-9,13,16-18,20,37,43H,2,10-12,14-15,21-22H2,1H3,(H,39,40)(H,41,42)/b7-5+. The van der Waals surface area contributed by atoms with Gasteiger partial charge in [0, 0.05) is 48.7 Å². The van der Waals surface area contributed by atoms with Crippen LogP contribution in [0.15, 0.2) is 73.1 Å². The molecule has 1 aliphatic heterocycles. The van der Waals surface area contributed by atoms with Crippen molar-refractivity contribution < 1.29 is 27.8 Å². The molecule has 0 bridgehead atoms. The van der Waals surface area contributed by atoms with Crippen LogP contribution in [0.4, 0.5) is 17.1 Å². The number of fused-ring (bicyclic) bond motifs is 1. The zero-order valence-electron chi connectivity index (χ0n) is 26.2. The second-order valence-corrected chi connectivity index (χ2v) is 13.9. The van der Waals surface area contributed by atoms with Crippen LogP contribution in [0.2, 0.25) is 5.02 Å². The Morgan fingerprint density at radius 1 is 1.12 bits per heavy atom. The van der Waals surface area contributed by atoms with E-state index in [9.17, 15) is 23.6 Å². The molecule has 0 unspecified atom stereocenters. The molecule has 0 radical (unpaired) electrons. The van der Waals surface area contributed by atoms with E-state index in [1.807, 2.05) is 25.1 Å². The van der Waals surface area contributed by atoms with Crippen molar-refractivity contribution in [3.63, 3.8) is 0 Å². The first kappa shape index (κ1) is 34.6. The summed E-state index contributed by atoms with van der Waals surface area (Å²) in [5.74, 6) is 0.374. The van der Waals surface area contributed by atoms with E-state index in [1.54, 1.807) is 42.6 Å². The molecule has 1 saturated heterocycles. The average molecular weight is 691 g/mol. The SMILES string of the molecule is CCOc1cc2ncc(C#N)c(Nc3ccc(OCc4ccccn4)c(Cl)c3)c2cc1NC(=O)/C=C/CNCC1(O)CCS(=O)(=O)CC1. The van der Waals surface area contributed by atoms with Gasteiger partial charge in [-0.05, 0) is 56.2 Å². The Morgan fingerprint density at radius 3 is 2.65 bits per heavy atom. The van der Waals surface area contributed by atoms with Gasteiger partial charge in [-0.2, -0.15) is 5.26 Å². The summed E-state index contributed by atoms with van der Waals surface area (Å²) >= 11 is 6.54. The number of aromatic nitrogens is 2. The fraction of sp³-hybridized carbons (Fsp3) is 0.294. The Kier molecular flexibility index (Phi) is 11.1. The number of carbonyl (C=O) groups excluding carboxylic acids is 1. The minimum absolute atomic E-state index is 0.0395. The fourth-order valence-corrected chi connectivity index (χ4v) is 6.93. The molecule has 1 aliphatic rings. The van der Waals surface area contributed by atoms with Crippen LogP contribution in [-0.2, 0) is 21.2 Å². The summed E-state index contributed by atoms with van der Waals surface area (Å²) in [6.07, 6.45) is 6.46. The van der Waals surface area contributed by atoms with Crippen LogP contribution < -0.4 is 25.4 Å². The van der Waals surface area contributed by atoms with Gasteiger partial charge in [-0.3, -0.25) is 14.8 Å². The largest absolute Gasteiger partial charge is 0.492 e. The van der Waals surface area contributed by atoms with E-state index in [0.29, 0.717) is 51.1 Å². The van der Waals surface area contributed by atoms with Crippen LogP contribution in [0.25, 0.3) is 10.9 Å². The van der Waals surface area contributed by atoms with Crippen molar-refractivity contribution in [2.75, 3.05) is 41.8 Å². The van der Waals surface area contributed by atoms with Gasteiger partial charge in [-0.25, -0.2) is 8.42 Å². The molecule has 14 heteroatoms. The van der Waals surface area contributed by atoms with Crippen molar-refractivity contribution in [1.82, 2.24) is 15.3 Å². The first-order valence-electron chi connectivity index (χ1n) is 15.3. The van der Waals surface area contributed by atoms with E-state index in [2.05, 4.69) is 32.0 Å². The molecule has 4 N–H and O–H groups in total. The van der Waals surface area contributed by atoms with Gasteiger partial charge < -0.3 is 30.5 Å². The number of aliphatic hydroxyl groups is 1. The van der Waals surface area contributed by atoms with Gasteiger partial charge in [-0.1, -0.05) is 23.7 Å². The second kappa shape index (κ2) is 15.4. The minimum Gasteiger partial charge on any atom is -0.492 e. The van der Waals surface area contributed by atoms with Crippen molar-refractivity contribution in [3.8, 4) is 17.6 Å². The van der Waals surface area contributed by atoms with Crippen molar-refractivity contribution in [3.05, 3.63) is 89.4 Å². The van der Waals surface area contributed by atoms with Gasteiger partial charge in [0.2, 0.25) is 5.91 Å². The third-order valence-electron chi connectivity index (χ3n) is 7.69. The van der Waals surface area contributed by atoms with Gasteiger partial charge in [0.05, 0.1) is 56.9 Å². The molecule has 1 amide bonds. The molecule has 48 heavy (non-hydrogen) atoms. The molecule has 3 heterocycles. The molecule has 2 aromatic carbocycles. The maximum absolute atomic E-state index is 12.9. The maximum atomic E-state index is 12.9. The fourth-order valence-electron chi connectivity index (χ4n) is 5.11. The maximum Gasteiger partial charge on any atom is 0.248 e. The van der Waals surface area contributed by atoms with E-state index in [4.69, 9.17) is 21.1 Å². The van der Waals surface area contributed by atoms with Crippen molar-refractivity contribution in [2.45, 2.75) is 32.0 Å². The number of pyridine rings is 2. The van der Waals surface area contributed by atoms with Crippen LogP contribution in [0, 0.1) is 11.3 Å². The lowest BCUT2D eigenvalue weighted by Gasteiger charge is -2.31. The lowest BCUT2D eigenvalue weighted by atomic mass is 9.97. The molecular weight excluding hydrogens is 656 g/mol. The molecule has 0 aliphatic carbocycles. The highest BCUT2D eigenvalue weighted by Crippen LogP contribution is 2.37. The third kappa shape index (κ3) is 8.99. The van der Waals surface area contributed by atoms with Crippen molar-refractivity contribution in [1.29, 1.82) is 5.26 Å². The smallest absolute Gasteiger partial charge is 0.248 e. The number of halogens is 1. The molecule has 0 spiro atoms. The highest BCUT2D eigenvalue weighted by Gasteiger charge is 2.34. The normalized spacial score (nSPS) is 15.1. The van der Waals surface area contributed by atoms with Crippen LogP contribution in [0.1, 0.15) is 31.0 Å². The second-order valence-electron chi connectivity index (χ2n) is 11.2. The van der Waals surface area contributed by atoms with Gasteiger partial charge in [0.25, 0.3) is 0 Å². The molecule has 12 nitrogen and oxygen atoms in total. The van der Waals surface area contributed by atoms with Gasteiger partial charge in [0.15, 0.2) is 9.84 Å². The molecule has 5 rings (SSSR count). The summed E-state index contributed by atoms with van der Waals surface area (Å²) in [6.45, 7) is 2.92. The number of sulfone groups is 1. The molecule has 4 aromatic rings. The summed E-state index contributed by atoms with van der Waals surface area (Å²) in [5, 5.41) is 30.6. The zero-order valence-corrected chi connectivity index (χ0v) is 27.8. The summed E-state index contributed by atoms with van der Waals surface area (Å²) in [4.78, 5) is 21.6. The Hall–Kier alpha value is -4.74. The van der Waals surface area contributed by atoms with Gasteiger partial charge >= 0.3 is 0 Å². The number of ether oxygens (including phenoxy) is 2. The van der Waals surface area contributed by atoms with E-state index in [1.165, 1.54) is 12.3 Å². The van der Waals surface area contributed by atoms with E-state index in [-0.39, 0.29) is 49.6 Å². The minimum atomic E-state index is -3.09. The Labute approximate surface area is 283 Å². The number of benzene rings is 2. The highest BCUT2D eigenvalue weighted by molar-refractivity contribution is 7.91. The number of nitrogens with one attached hydrogen (secondary N) is 3.